The van der Waals surface area contributed by atoms with Crippen molar-refractivity contribution in [3.8, 4) is 0 Å². The van der Waals surface area contributed by atoms with Gasteiger partial charge in [-0.25, -0.2) is 13.8 Å². The number of halogens is 2. The number of hydrogen-bond donors (Lipinski definition) is 1. The quantitative estimate of drug-likeness (QED) is 0.919. The van der Waals surface area contributed by atoms with Crippen molar-refractivity contribution in [3.63, 3.8) is 0 Å². The SMILES string of the molecule is Cn1cncc1CN[C@H]1CCCN(Cc2c(F)cccc2F)C1. The number of aryl methyl sites for hydroxylation is 1. The largest absolute Gasteiger partial charge is 0.337 e. The van der Waals surface area contributed by atoms with Crippen LogP contribution in [0, 0.1) is 11.6 Å². The van der Waals surface area contributed by atoms with Gasteiger partial charge in [-0.3, -0.25) is 4.90 Å². The molecule has 1 atom stereocenters. The van der Waals surface area contributed by atoms with Gasteiger partial charge in [0.15, 0.2) is 0 Å². The highest BCUT2D eigenvalue weighted by atomic mass is 19.1. The van der Waals surface area contributed by atoms with Gasteiger partial charge in [0, 0.05) is 44.5 Å². The third-order valence-electron chi connectivity index (χ3n) is 4.44. The molecule has 0 unspecified atom stereocenters. The molecule has 1 saturated heterocycles. The molecule has 124 valence electrons. The van der Waals surface area contributed by atoms with E-state index < -0.39 is 11.6 Å². The van der Waals surface area contributed by atoms with E-state index in [9.17, 15) is 8.78 Å². The summed E-state index contributed by atoms with van der Waals surface area (Å²) in [6, 6.07) is 4.37. The van der Waals surface area contributed by atoms with Gasteiger partial charge in [0.05, 0.1) is 12.0 Å². The molecular weight excluding hydrogens is 298 g/mol. The van der Waals surface area contributed by atoms with Gasteiger partial charge in [0.1, 0.15) is 11.6 Å². The van der Waals surface area contributed by atoms with Gasteiger partial charge >= 0.3 is 0 Å². The van der Waals surface area contributed by atoms with E-state index in [1.165, 1.54) is 18.2 Å². The van der Waals surface area contributed by atoms with Crippen LogP contribution in [0.4, 0.5) is 8.78 Å². The van der Waals surface area contributed by atoms with Crippen LogP contribution in [0.2, 0.25) is 0 Å². The minimum atomic E-state index is -0.463. The molecule has 6 heteroatoms. The van der Waals surface area contributed by atoms with Crippen molar-refractivity contribution in [1.82, 2.24) is 19.8 Å². The summed E-state index contributed by atoms with van der Waals surface area (Å²) in [6.07, 6.45) is 5.74. The second kappa shape index (κ2) is 7.19. The number of nitrogens with zero attached hydrogens (tertiary/aromatic N) is 3. The Bertz CT molecular complexity index is 636. The normalized spacial score (nSPS) is 19.2. The van der Waals surface area contributed by atoms with E-state index in [4.69, 9.17) is 0 Å². The average molecular weight is 320 g/mol. The van der Waals surface area contributed by atoms with Crippen molar-refractivity contribution in [2.75, 3.05) is 13.1 Å². The zero-order valence-electron chi connectivity index (χ0n) is 13.3. The Balaban J connectivity index is 1.57. The average Bonchev–Trinajstić information content (AvgIpc) is 2.95. The van der Waals surface area contributed by atoms with Crippen LogP contribution in [0.1, 0.15) is 24.1 Å². The van der Waals surface area contributed by atoms with Crippen LogP contribution in [-0.2, 0) is 20.1 Å². The first kappa shape index (κ1) is 16.1. The highest BCUT2D eigenvalue weighted by Crippen LogP contribution is 2.18. The highest BCUT2D eigenvalue weighted by Gasteiger charge is 2.21. The van der Waals surface area contributed by atoms with Crippen molar-refractivity contribution in [2.45, 2.75) is 32.0 Å². The number of rotatable bonds is 5. The van der Waals surface area contributed by atoms with E-state index in [1.54, 1.807) is 6.33 Å². The predicted molar refractivity (Wildman–Crippen MR) is 84.7 cm³/mol. The fraction of sp³-hybridized carbons (Fsp3) is 0.471. The molecule has 1 aromatic heterocycles. The first-order valence-corrected chi connectivity index (χ1v) is 7.97. The number of hydrogen-bond acceptors (Lipinski definition) is 3. The van der Waals surface area contributed by atoms with Crippen LogP contribution in [0.15, 0.2) is 30.7 Å². The maximum atomic E-state index is 13.8. The first-order valence-electron chi connectivity index (χ1n) is 7.97. The second-order valence-corrected chi connectivity index (χ2v) is 6.15. The molecule has 2 aromatic rings. The fourth-order valence-corrected chi connectivity index (χ4v) is 3.08. The van der Waals surface area contributed by atoms with Crippen molar-refractivity contribution < 1.29 is 8.78 Å². The maximum Gasteiger partial charge on any atom is 0.130 e. The molecule has 0 radical (unpaired) electrons. The molecule has 0 saturated carbocycles. The highest BCUT2D eigenvalue weighted by molar-refractivity contribution is 5.19. The van der Waals surface area contributed by atoms with Gasteiger partial charge in [-0.05, 0) is 31.5 Å². The predicted octanol–water partition coefficient (Wildman–Crippen LogP) is 2.45. The molecule has 23 heavy (non-hydrogen) atoms. The molecule has 4 nitrogen and oxygen atoms in total. The van der Waals surface area contributed by atoms with E-state index in [0.717, 1.165) is 38.2 Å². The Morgan fingerprint density at radius 2 is 2.09 bits per heavy atom. The molecule has 1 fully saturated rings. The maximum absolute atomic E-state index is 13.8. The van der Waals surface area contributed by atoms with E-state index >= 15 is 0 Å². The number of piperidine rings is 1. The molecule has 1 aliphatic rings. The van der Waals surface area contributed by atoms with Crippen molar-refractivity contribution >= 4 is 0 Å². The van der Waals surface area contributed by atoms with Gasteiger partial charge in [-0.1, -0.05) is 6.07 Å². The summed E-state index contributed by atoms with van der Waals surface area (Å²) in [5, 5.41) is 3.52. The molecule has 0 bridgehead atoms. The Hall–Kier alpha value is -1.79. The van der Waals surface area contributed by atoms with E-state index in [-0.39, 0.29) is 5.56 Å². The van der Waals surface area contributed by atoms with E-state index in [0.29, 0.717) is 12.6 Å². The van der Waals surface area contributed by atoms with Gasteiger partial charge in [-0.15, -0.1) is 0 Å². The lowest BCUT2D eigenvalue weighted by atomic mass is 10.0. The summed E-state index contributed by atoms with van der Waals surface area (Å²) >= 11 is 0. The summed E-state index contributed by atoms with van der Waals surface area (Å²) in [5.74, 6) is -0.926. The molecule has 0 aliphatic carbocycles. The van der Waals surface area contributed by atoms with Crippen LogP contribution in [0.3, 0.4) is 0 Å². The zero-order valence-corrected chi connectivity index (χ0v) is 13.3. The second-order valence-electron chi connectivity index (χ2n) is 6.15. The van der Waals surface area contributed by atoms with Crippen LogP contribution >= 0.6 is 0 Å². The van der Waals surface area contributed by atoms with Crippen LogP contribution < -0.4 is 5.32 Å². The molecule has 1 N–H and O–H groups in total. The summed E-state index contributed by atoms with van der Waals surface area (Å²) in [4.78, 5) is 6.22. The Morgan fingerprint density at radius 3 is 2.78 bits per heavy atom. The molecule has 3 rings (SSSR count). The Kier molecular flexibility index (Phi) is 5.03. The fourth-order valence-electron chi connectivity index (χ4n) is 3.08. The number of aromatic nitrogens is 2. The molecule has 0 amide bonds. The molecule has 0 spiro atoms. The topological polar surface area (TPSA) is 33.1 Å². The summed E-state index contributed by atoms with van der Waals surface area (Å²) in [5.41, 5.74) is 1.29. The number of benzene rings is 1. The van der Waals surface area contributed by atoms with Crippen LogP contribution in [0.5, 0.6) is 0 Å². The molecule has 1 aromatic carbocycles. The van der Waals surface area contributed by atoms with Crippen molar-refractivity contribution in [1.29, 1.82) is 0 Å². The summed E-state index contributed by atoms with van der Waals surface area (Å²) in [7, 11) is 1.97. The zero-order chi connectivity index (χ0) is 16.2. The van der Waals surface area contributed by atoms with Gasteiger partial charge in [0.25, 0.3) is 0 Å². The minimum Gasteiger partial charge on any atom is -0.337 e. The van der Waals surface area contributed by atoms with Crippen molar-refractivity contribution in [3.05, 3.63) is 53.6 Å². The van der Waals surface area contributed by atoms with Gasteiger partial charge < -0.3 is 9.88 Å². The standard InChI is InChI=1S/C17H22F2N4/c1-22-12-20-8-14(22)9-21-13-4-3-7-23(10-13)11-15-16(18)5-2-6-17(15)19/h2,5-6,8,12-13,21H,3-4,7,9-11H2,1H3/t13-/m0/s1. The monoisotopic (exact) mass is 320 g/mol. The smallest absolute Gasteiger partial charge is 0.130 e. The number of imidazole rings is 1. The Labute approximate surface area is 135 Å². The summed E-state index contributed by atoms with van der Waals surface area (Å²) in [6.45, 7) is 2.74. The lowest BCUT2D eigenvalue weighted by molar-refractivity contribution is 0.178. The number of nitrogens with one attached hydrogen (secondary N) is 1. The first-order chi connectivity index (χ1) is 11.1. The van der Waals surface area contributed by atoms with Crippen LogP contribution in [0.25, 0.3) is 0 Å². The molecular formula is C17H22F2N4. The Morgan fingerprint density at radius 1 is 1.30 bits per heavy atom. The lowest BCUT2D eigenvalue weighted by Crippen LogP contribution is -2.45. The lowest BCUT2D eigenvalue weighted by Gasteiger charge is -2.33. The van der Waals surface area contributed by atoms with Gasteiger partial charge in [-0.2, -0.15) is 0 Å². The third kappa shape index (κ3) is 3.95. The van der Waals surface area contributed by atoms with E-state index in [1.807, 2.05) is 17.8 Å². The third-order valence-corrected chi connectivity index (χ3v) is 4.44. The molecule has 2 heterocycles. The summed E-state index contributed by atoms with van der Waals surface area (Å²) < 4.78 is 29.6. The molecule has 1 aliphatic heterocycles. The van der Waals surface area contributed by atoms with Crippen LogP contribution in [-0.4, -0.2) is 33.6 Å². The van der Waals surface area contributed by atoms with Crippen molar-refractivity contribution in [2.24, 2.45) is 7.05 Å². The van der Waals surface area contributed by atoms with Gasteiger partial charge in [0.2, 0.25) is 0 Å². The minimum absolute atomic E-state index is 0.166. The number of likely N-dealkylation sites (tertiary alicyclic amines) is 1. The van der Waals surface area contributed by atoms with E-state index in [2.05, 4.69) is 15.2 Å².